The smallest absolute Gasteiger partial charge is 0.301 e. The Bertz CT molecular complexity index is 889. The van der Waals surface area contributed by atoms with Crippen molar-refractivity contribution in [2.75, 3.05) is 24.9 Å². The summed E-state index contributed by atoms with van der Waals surface area (Å²) in [5.41, 5.74) is 2.05. The predicted octanol–water partition coefficient (Wildman–Crippen LogP) is 2.67. The molecule has 0 bridgehead atoms. The van der Waals surface area contributed by atoms with Gasteiger partial charge in [-0.15, -0.1) is 0 Å². The van der Waals surface area contributed by atoms with E-state index in [1.54, 1.807) is 55.6 Å². The second-order valence-electron chi connectivity index (χ2n) is 5.97. The maximum Gasteiger partial charge on any atom is 0.301 e. The summed E-state index contributed by atoms with van der Waals surface area (Å²) in [4.78, 5) is 0. The van der Waals surface area contributed by atoms with Gasteiger partial charge in [0.25, 0.3) is 0 Å². The summed E-state index contributed by atoms with van der Waals surface area (Å²) in [6, 6.07) is 13.9. The van der Waals surface area contributed by atoms with Crippen molar-refractivity contribution in [2.24, 2.45) is 5.16 Å². The Morgan fingerprint density at radius 1 is 1.12 bits per heavy atom. The molecule has 3 rings (SSSR count). The Morgan fingerprint density at radius 2 is 1.81 bits per heavy atom. The van der Waals surface area contributed by atoms with Gasteiger partial charge in [-0.3, -0.25) is 4.72 Å². The Labute approximate surface area is 153 Å². The first-order chi connectivity index (χ1) is 12.5. The molecule has 0 radical (unpaired) electrons. The summed E-state index contributed by atoms with van der Waals surface area (Å²) in [6.07, 6.45) is 1.75. The molecular weight excluding hydrogens is 354 g/mol. The van der Waals surface area contributed by atoms with Gasteiger partial charge >= 0.3 is 10.2 Å². The Balaban J connectivity index is 1.85. The molecule has 26 heavy (non-hydrogen) atoms. The molecule has 2 aromatic carbocycles. The lowest BCUT2D eigenvalue weighted by molar-refractivity contribution is 0.319. The molecule has 0 amide bonds. The van der Waals surface area contributed by atoms with Gasteiger partial charge in [-0.2, -0.15) is 12.7 Å². The van der Waals surface area contributed by atoms with Gasteiger partial charge in [0.05, 0.1) is 12.8 Å². The average molecular weight is 375 g/mol. The lowest BCUT2D eigenvalue weighted by Crippen LogP contribution is -2.33. The fourth-order valence-electron chi connectivity index (χ4n) is 2.90. The summed E-state index contributed by atoms with van der Waals surface area (Å²) in [6.45, 7) is 1.06. The van der Waals surface area contributed by atoms with Crippen LogP contribution in [0.4, 0.5) is 5.69 Å². The summed E-state index contributed by atoms with van der Waals surface area (Å²) in [7, 11) is -2.00. The largest absolute Gasteiger partial charge is 0.497 e. The fourth-order valence-corrected chi connectivity index (χ4v) is 4.20. The van der Waals surface area contributed by atoms with E-state index in [0.29, 0.717) is 41.4 Å². The molecule has 1 heterocycles. The van der Waals surface area contributed by atoms with E-state index in [9.17, 15) is 13.6 Å². The van der Waals surface area contributed by atoms with E-state index in [2.05, 4.69) is 9.88 Å². The SMILES string of the molecule is COc1ccc(/C(=N/O)c2cccc(NS(=O)(=O)N3CCCC3)c2)cc1. The van der Waals surface area contributed by atoms with E-state index in [4.69, 9.17) is 4.74 Å². The number of hydrogen-bond donors (Lipinski definition) is 2. The zero-order valence-electron chi connectivity index (χ0n) is 14.4. The van der Waals surface area contributed by atoms with Crippen LogP contribution in [0.15, 0.2) is 53.7 Å². The third kappa shape index (κ3) is 3.97. The van der Waals surface area contributed by atoms with Gasteiger partial charge < -0.3 is 9.94 Å². The molecule has 8 heteroatoms. The molecule has 0 saturated carbocycles. The number of nitrogens with zero attached hydrogens (tertiary/aromatic N) is 2. The van der Waals surface area contributed by atoms with Crippen molar-refractivity contribution in [1.82, 2.24) is 4.31 Å². The van der Waals surface area contributed by atoms with Crippen LogP contribution in [0.2, 0.25) is 0 Å². The van der Waals surface area contributed by atoms with Crippen LogP contribution >= 0.6 is 0 Å². The molecule has 0 aromatic heterocycles. The molecule has 0 unspecified atom stereocenters. The summed E-state index contributed by atoms with van der Waals surface area (Å²) >= 11 is 0. The van der Waals surface area contributed by atoms with Crippen LogP contribution in [-0.2, 0) is 10.2 Å². The number of hydrogen-bond acceptors (Lipinski definition) is 5. The van der Waals surface area contributed by atoms with E-state index in [1.807, 2.05) is 0 Å². The van der Waals surface area contributed by atoms with Gasteiger partial charge in [0.2, 0.25) is 0 Å². The molecule has 1 saturated heterocycles. The quantitative estimate of drug-likeness (QED) is 0.461. The summed E-state index contributed by atoms with van der Waals surface area (Å²) < 4.78 is 34.0. The molecule has 0 spiro atoms. The summed E-state index contributed by atoms with van der Waals surface area (Å²) in [5.74, 6) is 0.693. The minimum absolute atomic E-state index is 0.342. The number of nitrogens with one attached hydrogen (secondary N) is 1. The van der Waals surface area contributed by atoms with Crippen molar-refractivity contribution in [1.29, 1.82) is 0 Å². The topological polar surface area (TPSA) is 91.2 Å². The maximum atomic E-state index is 12.4. The van der Waals surface area contributed by atoms with Gasteiger partial charge in [-0.25, -0.2) is 0 Å². The zero-order chi connectivity index (χ0) is 18.6. The van der Waals surface area contributed by atoms with E-state index in [0.717, 1.165) is 12.8 Å². The van der Waals surface area contributed by atoms with Crippen LogP contribution in [0.25, 0.3) is 0 Å². The number of oxime groups is 1. The lowest BCUT2D eigenvalue weighted by atomic mass is 10.0. The Morgan fingerprint density at radius 3 is 2.42 bits per heavy atom. The molecule has 0 aliphatic carbocycles. The van der Waals surface area contributed by atoms with Crippen molar-refractivity contribution >= 4 is 21.6 Å². The Kier molecular flexibility index (Phi) is 5.43. The molecule has 1 aliphatic heterocycles. The molecule has 0 atom stereocenters. The second kappa shape index (κ2) is 7.76. The first-order valence-electron chi connectivity index (χ1n) is 8.28. The molecular formula is C18H21N3O4S. The zero-order valence-corrected chi connectivity index (χ0v) is 15.2. The number of anilines is 1. The average Bonchev–Trinajstić information content (AvgIpc) is 3.19. The number of rotatable bonds is 6. The van der Waals surface area contributed by atoms with Crippen molar-refractivity contribution < 1.29 is 18.4 Å². The van der Waals surface area contributed by atoms with Gasteiger partial charge in [-0.05, 0) is 49.2 Å². The molecule has 7 nitrogen and oxygen atoms in total. The van der Waals surface area contributed by atoms with Gasteiger partial charge in [0.1, 0.15) is 11.5 Å². The van der Waals surface area contributed by atoms with E-state index in [1.165, 1.54) is 4.31 Å². The van der Waals surface area contributed by atoms with Crippen molar-refractivity contribution in [3.8, 4) is 5.75 Å². The minimum Gasteiger partial charge on any atom is -0.497 e. The van der Waals surface area contributed by atoms with Crippen molar-refractivity contribution in [3.63, 3.8) is 0 Å². The monoisotopic (exact) mass is 375 g/mol. The first-order valence-corrected chi connectivity index (χ1v) is 9.72. The lowest BCUT2D eigenvalue weighted by Gasteiger charge is -2.17. The molecule has 1 fully saturated rings. The van der Waals surface area contributed by atoms with E-state index < -0.39 is 10.2 Å². The Hall–Kier alpha value is -2.58. The molecule has 138 valence electrons. The highest BCUT2D eigenvalue weighted by Crippen LogP contribution is 2.21. The van der Waals surface area contributed by atoms with Gasteiger partial charge in [0, 0.05) is 24.2 Å². The van der Waals surface area contributed by atoms with E-state index >= 15 is 0 Å². The third-order valence-electron chi connectivity index (χ3n) is 4.25. The maximum absolute atomic E-state index is 12.4. The minimum atomic E-state index is -3.57. The highest BCUT2D eigenvalue weighted by molar-refractivity contribution is 7.90. The highest BCUT2D eigenvalue weighted by Gasteiger charge is 2.25. The molecule has 2 N–H and O–H groups in total. The van der Waals surface area contributed by atoms with Crippen molar-refractivity contribution in [2.45, 2.75) is 12.8 Å². The van der Waals surface area contributed by atoms with Gasteiger partial charge in [0.15, 0.2) is 0 Å². The van der Waals surface area contributed by atoms with Gasteiger partial charge in [-0.1, -0.05) is 17.3 Å². The third-order valence-corrected chi connectivity index (χ3v) is 5.79. The van der Waals surface area contributed by atoms with Crippen molar-refractivity contribution in [3.05, 3.63) is 59.7 Å². The van der Waals surface area contributed by atoms with Crippen LogP contribution in [0.5, 0.6) is 5.75 Å². The number of benzene rings is 2. The highest BCUT2D eigenvalue weighted by atomic mass is 32.2. The van der Waals surface area contributed by atoms with Crippen LogP contribution in [0.3, 0.4) is 0 Å². The normalized spacial score (nSPS) is 15.8. The standard InChI is InChI=1S/C18H21N3O4S/c1-25-17-9-7-14(8-10-17)18(19-22)15-5-4-6-16(13-15)20-26(23,24)21-11-2-3-12-21/h4-10,13,20,22H,2-3,11-12H2,1H3/b19-18-. The van der Waals surface area contributed by atoms with Crippen LogP contribution < -0.4 is 9.46 Å². The molecule has 1 aliphatic rings. The van der Waals surface area contributed by atoms with Crippen LogP contribution in [0.1, 0.15) is 24.0 Å². The summed E-state index contributed by atoms with van der Waals surface area (Å²) in [5, 5.41) is 12.9. The number of methoxy groups -OCH3 is 1. The number of ether oxygens (including phenoxy) is 1. The predicted molar refractivity (Wildman–Crippen MR) is 100 cm³/mol. The van der Waals surface area contributed by atoms with Crippen LogP contribution in [-0.4, -0.2) is 43.8 Å². The van der Waals surface area contributed by atoms with Crippen LogP contribution in [0, 0.1) is 0 Å². The first kappa shape index (κ1) is 18.2. The molecule has 2 aromatic rings. The van der Waals surface area contributed by atoms with E-state index in [-0.39, 0.29) is 0 Å². The fraction of sp³-hybridized carbons (Fsp3) is 0.278. The second-order valence-corrected chi connectivity index (χ2v) is 7.64.